The molecule has 0 nitrogen and oxygen atoms in total. The van der Waals surface area contributed by atoms with Crippen molar-refractivity contribution >= 4 is 0 Å². The molecule has 5 aromatic rings. The minimum absolute atomic E-state index is 0.792. The fourth-order valence-corrected chi connectivity index (χ4v) is 12.8. The maximum atomic E-state index is 2.53. The highest BCUT2D eigenvalue weighted by molar-refractivity contribution is 5.50. The average molecular weight is 940 g/mol. The molecular weight excluding hydrogens is 841 g/mol. The topological polar surface area (TPSA) is 0 Å². The SMILES string of the molecule is CC(C)CCCC(C)CCCc1c2cccc1Cc1cccc3c1CCCCCCCc1ccccc1CCCCCCCc1c(cccc1Cc1cccc(c1CCC[C@H](C)CCCC(C)C)C3)C2. The highest BCUT2D eigenvalue weighted by atomic mass is 14.3. The van der Waals surface area contributed by atoms with Crippen LogP contribution in [0.15, 0.2) is 97.1 Å². The first-order valence-electron chi connectivity index (χ1n) is 29.7. The molecule has 378 valence electrons. The lowest BCUT2D eigenvalue weighted by Gasteiger charge is -2.23. The highest BCUT2D eigenvalue weighted by Gasteiger charge is 2.20. The molecule has 3 aliphatic rings. The van der Waals surface area contributed by atoms with Crippen molar-refractivity contribution in [3.8, 4) is 0 Å². The lowest BCUT2D eigenvalue weighted by Crippen LogP contribution is -2.10. The molecule has 0 heteroatoms. The van der Waals surface area contributed by atoms with Crippen molar-refractivity contribution in [3.63, 3.8) is 0 Å². The van der Waals surface area contributed by atoms with Crippen LogP contribution < -0.4 is 0 Å². The number of hydrogen-bond acceptors (Lipinski definition) is 0. The first kappa shape index (κ1) is 53.9. The molecule has 5 aromatic carbocycles. The van der Waals surface area contributed by atoms with Crippen LogP contribution in [0, 0.1) is 23.7 Å². The average Bonchev–Trinajstić information content (AvgIpc) is 3.33. The summed E-state index contributed by atoms with van der Waals surface area (Å²) < 4.78 is 0. The van der Waals surface area contributed by atoms with Crippen LogP contribution in [0.25, 0.3) is 0 Å². The van der Waals surface area contributed by atoms with Crippen LogP contribution in [0.4, 0.5) is 0 Å². The highest BCUT2D eigenvalue weighted by Crippen LogP contribution is 2.34. The van der Waals surface area contributed by atoms with E-state index in [1.54, 1.807) is 77.9 Å². The summed E-state index contributed by atoms with van der Waals surface area (Å²) in [6.07, 6.45) is 38.0. The second-order valence-electron chi connectivity index (χ2n) is 23.9. The molecule has 0 amide bonds. The standard InChI is InChI=1S/C70H98/c1-53(2)27-19-29-55(5)31-21-47-69-63-41-25-42-64(69)50-60-38-24-40-62-52-66-44-26-43-65(70(66)48-22-32-56(6)30-20-28-54(3)4)51-61-39-23-37-59(49-63)67(61)45-15-11-7-9-13-33-57-35-17-18-36-58(57)34-14-10-8-12-16-46-68(60)62/h17-18,23-26,35-44,53-56H,7-16,19-22,27-34,45-52H2,1-6H3/t55-,56?/m1/s1. The van der Waals surface area contributed by atoms with E-state index in [1.165, 1.54) is 167 Å². The van der Waals surface area contributed by atoms with Crippen LogP contribution in [-0.2, 0) is 64.2 Å². The Kier molecular flexibility index (Phi) is 22.3. The van der Waals surface area contributed by atoms with Gasteiger partial charge in [-0.25, -0.2) is 0 Å². The Morgan fingerprint density at radius 2 is 0.571 bits per heavy atom. The van der Waals surface area contributed by atoms with Gasteiger partial charge in [-0.05, 0) is 204 Å². The molecular formula is C70H98. The van der Waals surface area contributed by atoms with Gasteiger partial charge in [-0.1, -0.05) is 228 Å². The van der Waals surface area contributed by atoms with Crippen LogP contribution in [0.3, 0.4) is 0 Å². The molecule has 0 spiro atoms. The van der Waals surface area contributed by atoms with E-state index in [0.29, 0.717) is 0 Å². The third-order valence-electron chi connectivity index (χ3n) is 17.1. The van der Waals surface area contributed by atoms with Crippen molar-refractivity contribution < 1.29 is 0 Å². The Hall–Kier alpha value is -3.90. The lowest BCUT2D eigenvalue weighted by atomic mass is 9.82. The van der Waals surface area contributed by atoms with Crippen molar-refractivity contribution in [3.05, 3.63) is 175 Å². The zero-order valence-corrected chi connectivity index (χ0v) is 45.8. The summed E-state index contributed by atoms with van der Waals surface area (Å²) in [5.74, 6) is 3.20. The van der Waals surface area contributed by atoms with Crippen LogP contribution in [0.5, 0.6) is 0 Å². The molecule has 0 saturated heterocycles. The predicted octanol–water partition coefficient (Wildman–Crippen LogP) is 19.7. The molecule has 10 bridgehead atoms. The largest absolute Gasteiger partial charge is 0.0628 e. The molecule has 0 heterocycles. The van der Waals surface area contributed by atoms with E-state index in [2.05, 4.69) is 139 Å². The quantitative estimate of drug-likeness (QED) is 0.0907. The van der Waals surface area contributed by atoms with Gasteiger partial charge < -0.3 is 0 Å². The Labute approximate surface area is 430 Å². The van der Waals surface area contributed by atoms with E-state index < -0.39 is 0 Å². The monoisotopic (exact) mass is 939 g/mol. The van der Waals surface area contributed by atoms with E-state index in [1.807, 2.05) is 0 Å². The van der Waals surface area contributed by atoms with Crippen LogP contribution in [-0.4, -0.2) is 0 Å². The van der Waals surface area contributed by atoms with Crippen molar-refractivity contribution in [2.45, 2.75) is 234 Å². The molecule has 8 rings (SSSR count). The summed E-state index contributed by atoms with van der Waals surface area (Å²) in [6.45, 7) is 14.6. The Morgan fingerprint density at radius 1 is 0.286 bits per heavy atom. The number of fused-ring (bicyclic) bond motifs is 12. The molecule has 0 N–H and O–H groups in total. The molecule has 0 radical (unpaired) electrons. The van der Waals surface area contributed by atoms with Gasteiger partial charge in [0.1, 0.15) is 0 Å². The van der Waals surface area contributed by atoms with E-state index in [0.717, 1.165) is 49.4 Å². The Balaban J connectivity index is 1.28. The number of hydrogen-bond donors (Lipinski definition) is 0. The number of aryl methyl sites for hydroxylation is 2. The van der Waals surface area contributed by atoms with Crippen LogP contribution in [0.1, 0.15) is 248 Å². The zero-order valence-electron chi connectivity index (χ0n) is 45.8. The van der Waals surface area contributed by atoms with Gasteiger partial charge in [-0.2, -0.15) is 0 Å². The van der Waals surface area contributed by atoms with E-state index >= 15 is 0 Å². The molecule has 0 saturated carbocycles. The maximum Gasteiger partial charge on any atom is -0.00201 e. The molecule has 0 fully saturated rings. The van der Waals surface area contributed by atoms with E-state index in [9.17, 15) is 0 Å². The second-order valence-corrected chi connectivity index (χ2v) is 23.9. The van der Waals surface area contributed by atoms with Gasteiger partial charge in [0, 0.05) is 0 Å². The predicted molar refractivity (Wildman–Crippen MR) is 306 cm³/mol. The summed E-state index contributed by atoms with van der Waals surface area (Å²) >= 11 is 0. The van der Waals surface area contributed by atoms with Crippen molar-refractivity contribution in [1.29, 1.82) is 0 Å². The molecule has 2 atom stereocenters. The Morgan fingerprint density at radius 3 is 0.914 bits per heavy atom. The summed E-state index contributed by atoms with van der Waals surface area (Å²) in [5, 5.41) is 0. The van der Waals surface area contributed by atoms with Crippen molar-refractivity contribution in [1.82, 2.24) is 0 Å². The van der Waals surface area contributed by atoms with Crippen molar-refractivity contribution in [2.24, 2.45) is 23.7 Å². The Bertz CT molecular complexity index is 2050. The fraction of sp³-hybridized carbons (Fsp3) is 0.571. The summed E-state index contributed by atoms with van der Waals surface area (Å²) in [4.78, 5) is 0. The molecule has 1 unspecified atom stereocenters. The van der Waals surface area contributed by atoms with Crippen LogP contribution in [0.2, 0.25) is 0 Å². The van der Waals surface area contributed by atoms with E-state index in [-0.39, 0.29) is 0 Å². The summed E-state index contributed by atoms with van der Waals surface area (Å²) in [5.41, 5.74) is 22.6. The lowest BCUT2D eigenvalue weighted by molar-refractivity contribution is 0.427. The normalized spacial score (nSPS) is 16.2. The summed E-state index contributed by atoms with van der Waals surface area (Å²) in [6, 6.07) is 39.3. The first-order chi connectivity index (χ1) is 34.2. The fourth-order valence-electron chi connectivity index (χ4n) is 12.8. The van der Waals surface area contributed by atoms with Gasteiger partial charge in [0.15, 0.2) is 0 Å². The van der Waals surface area contributed by atoms with Gasteiger partial charge in [-0.3, -0.25) is 0 Å². The van der Waals surface area contributed by atoms with Gasteiger partial charge in [0.25, 0.3) is 0 Å². The van der Waals surface area contributed by atoms with Crippen LogP contribution >= 0.6 is 0 Å². The third kappa shape index (κ3) is 16.8. The molecule has 70 heavy (non-hydrogen) atoms. The maximum absolute atomic E-state index is 2.53. The number of rotatable bonds is 16. The van der Waals surface area contributed by atoms with Gasteiger partial charge >= 0.3 is 0 Å². The molecule has 0 aliphatic heterocycles. The summed E-state index contributed by atoms with van der Waals surface area (Å²) in [7, 11) is 0. The molecule has 3 aliphatic carbocycles. The van der Waals surface area contributed by atoms with Crippen molar-refractivity contribution in [2.75, 3.05) is 0 Å². The van der Waals surface area contributed by atoms with Gasteiger partial charge in [0.05, 0.1) is 0 Å². The van der Waals surface area contributed by atoms with Gasteiger partial charge in [0.2, 0.25) is 0 Å². The zero-order chi connectivity index (χ0) is 48.9. The minimum atomic E-state index is 0.792. The molecule has 0 aromatic heterocycles. The second kappa shape index (κ2) is 29.0. The third-order valence-corrected chi connectivity index (χ3v) is 17.1. The van der Waals surface area contributed by atoms with E-state index in [4.69, 9.17) is 0 Å². The number of benzene rings is 5. The first-order valence-corrected chi connectivity index (χ1v) is 29.7. The smallest absolute Gasteiger partial charge is 0.00201 e. The van der Waals surface area contributed by atoms with Gasteiger partial charge in [-0.15, -0.1) is 0 Å². The minimum Gasteiger partial charge on any atom is -0.0628 e.